The Bertz CT molecular complexity index is 755. The molecule has 0 saturated carbocycles. The minimum Gasteiger partial charge on any atom is -0.360 e. The average Bonchev–Trinajstić information content (AvgIpc) is 3.23. The van der Waals surface area contributed by atoms with Crippen LogP contribution in [0.3, 0.4) is 0 Å². The van der Waals surface area contributed by atoms with Crippen molar-refractivity contribution < 1.29 is 4.79 Å². The molecule has 0 spiro atoms. The zero-order chi connectivity index (χ0) is 19.6. The van der Waals surface area contributed by atoms with E-state index in [9.17, 15) is 4.79 Å². The number of nitrogens with one attached hydrogen (secondary N) is 3. The number of aromatic nitrogens is 2. The minimum absolute atomic E-state index is 0.0776. The fourth-order valence-electron chi connectivity index (χ4n) is 3.06. The van der Waals surface area contributed by atoms with Gasteiger partial charge in [0.1, 0.15) is 0 Å². The van der Waals surface area contributed by atoms with E-state index in [0.29, 0.717) is 19.6 Å². The summed E-state index contributed by atoms with van der Waals surface area (Å²) >= 11 is 0. The molecular formula is C20H29N7O. The lowest BCUT2D eigenvalue weighted by Crippen LogP contribution is -2.47. The van der Waals surface area contributed by atoms with Crippen LogP contribution >= 0.6 is 0 Å². The van der Waals surface area contributed by atoms with E-state index in [2.05, 4.69) is 62.1 Å². The molecule has 1 aromatic carbocycles. The Balaban J connectivity index is 1.48. The van der Waals surface area contributed by atoms with Gasteiger partial charge in [0.25, 0.3) is 0 Å². The lowest BCUT2D eigenvalue weighted by Gasteiger charge is -2.28. The van der Waals surface area contributed by atoms with Gasteiger partial charge in [-0.2, -0.15) is 5.10 Å². The van der Waals surface area contributed by atoms with E-state index in [1.54, 1.807) is 6.20 Å². The number of guanidine groups is 1. The van der Waals surface area contributed by atoms with Crippen LogP contribution in [0.25, 0.3) is 0 Å². The summed E-state index contributed by atoms with van der Waals surface area (Å²) in [7, 11) is 0. The molecule has 0 unspecified atom stereocenters. The van der Waals surface area contributed by atoms with Crippen LogP contribution in [0.4, 0.5) is 5.69 Å². The molecule has 1 aliphatic heterocycles. The molecule has 1 aliphatic rings. The molecule has 8 heteroatoms. The van der Waals surface area contributed by atoms with E-state index in [1.807, 2.05) is 16.9 Å². The molecule has 2 aromatic rings. The zero-order valence-electron chi connectivity index (χ0n) is 16.4. The summed E-state index contributed by atoms with van der Waals surface area (Å²) in [5.41, 5.74) is 2.21. The first-order valence-electron chi connectivity index (χ1n) is 9.85. The summed E-state index contributed by atoms with van der Waals surface area (Å²) in [5.74, 6) is 0.897. The molecule has 3 rings (SSSR count). The van der Waals surface area contributed by atoms with Crippen LogP contribution in [0.1, 0.15) is 18.9 Å². The Labute approximate surface area is 166 Å². The number of hydrogen-bond acceptors (Lipinski definition) is 4. The van der Waals surface area contributed by atoms with Gasteiger partial charge in [-0.25, -0.2) is 4.99 Å². The van der Waals surface area contributed by atoms with E-state index in [-0.39, 0.29) is 5.91 Å². The Morgan fingerprint density at radius 1 is 1.29 bits per heavy atom. The van der Waals surface area contributed by atoms with Crippen LogP contribution in [0.15, 0.2) is 47.7 Å². The highest BCUT2D eigenvalue weighted by atomic mass is 16.2. The molecule has 3 N–H and O–H groups in total. The molecule has 2 heterocycles. The maximum Gasteiger partial charge on any atom is 0.239 e. The van der Waals surface area contributed by atoms with Gasteiger partial charge in [-0.3, -0.25) is 9.48 Å². The quantitative estimate of drug-likeness (QED) is 0.359. The molecule has 1 aromatic heterocycles. The summed E-state index contributed by atoms with van der Waals surface area (Å²) < 4.78 is 1.93. The number of piperazine rings is 1. The SMILES string of the molecule is CCNC(=NCc1ccc(N2CCNC(=O)C2)cc1)NCCCn1cccn1. The Hall–Kier alpha value is -3.03. The molecule has 0 atom stereocenters. The molecule has 28 heavy (non-hydrogen) atoms. The number of aliphatic imine (C=N–C) groups is 1. The van der Waals surface area contributed by atoms with Gasteiger partial charge in [-0.15, -0.1) is 0 Å². The van der Waals surface area contributed by atoms with Crippen LogP contribution in [0.5, 0.6) is 0 Å². The molecule has 8 nitrogen and oxygen atoms in total. The predicted octanol–water partition coefficient (Wildman–Crippen LogP) is 0.965. The Morgan fingerprint density at radius 2 is 2.14 bits per heavy atom. The molecule has 1 amide bonds. The molecule has 1 fully saturated rings. The van der Waals surface area contributed by atoms with Gasteiger partial charge in [0.15, 0.2) is 5.96 Å². The summed E-state index contributed by atoms with van der Waals surface area (Å²) in [6, 6.07) is 10.2. The highest BCUT2D eigenvalue weighted by Crippen LogP contribution is 2.16. The van der Waals surface area contributed by atoms with Gasteiger partial charge in [-0.05, 0) is 37.1 Å². The van der Waals surface area contributed by atoms with Gasteiger partial charge in [0.2, 0.25) is 5.91 Å². The van der Waals surface area contributed by atoms with E-state index >= 15 is 0 Å². The second-order valence-electron chi connectivity index (χ2n) is 6.68. The van der Waals surface area contributed by atoms with Gasteiger partial charge in [0.05, 0.1) is 13.1 Å². The van der Waals surface area contributed by atoms with E-state index in [4.69, 9.17) is 0 Å². The standard InChI is InChI=1S/C20H29N7O/c1-2-21-20(23-9-3-12-27-13-4-10-25-27)24-15-17-5-7-18(8-6-17)26-14-11-22-19(28)16-26/h4-8,10,13H,2-3,9,11-12,14-16H2,1H3,(H,22,28)(H2,21,23,24). The first-order chi connectivity index (χ1) is 13.7. The summed E-state index contributed by atoms with van der Waals surface area (Å²) in [4.78, 5) is 18.3. The number of carbonyl (C=O) groups excluding carboxylic acids is 1. The molecule has 0 aliphatic carbocycles. The monoisotopic (exact) mass is 383 g/mol. The smallest absolute Gasteiger partial charge is 0.239 e. The molecule has 0 bridgehead atoms. The highest BCUT2D eigenvalue weighted by molar-refractivity contribution is 5.82. The van der Waals surface area contributed by atoms with Gasteiger partial charge in [-0.1, -0.05) is 12.1 Å². The van der Waals surface area contributed by atoms with Crippen molar-refractivity contribution in [1.82, 2.24) is 25.7 Å². The maximum absolute atomic E-state index is 11.5. The average molecular weight is 384 g/mol. The van der Waals surface area contributed by atoms with Crippen molar-refractivity contribution >= 4 is 17.6 Å². The third kappa shape index (κ3) is 6.00. The van der Waals surface area contributed by atoms with Gasteiger partial charge >= 0.3 is 0 Å². The van der Waals surface area contributed by atoms with E-state index in [0.717, 1.165) is 49.8 Å². The number of aryl methyl sites for hydroxylation is 1. The molecule has 0 radical (unpaired) electrons. The normalized spacial score (nSPS) is 14.7. The number of hydrogen-bond donors (Lipinski definition) is 3. The number of benzene rings is 1. The lowest BCUT2D eigenvalue weighted by atomic mass is 10.2. The van der Waals surface area contributed by atoms with Crippen LogP contribution in [-0.4, -0.2) is 54.4 Å². The minimum atomic E-state index is 0.0776. The fourth-order valence-corrected chi connectivity index (χ4v) is 3.06. The number of carbonyl (C=O) groups is 1. The predicted molar refractivity (Wildman–Crippen MR) is 111 cm³/mol. The van der Waals surface area contributed by atoms with Crippen molar-refractivity contribution in [2.24, 2.45) is 4.99 Å². The number of amides is 1. The summed E-state index contributed by atoms with van der Waals surface area (Å²) in [6.07, 6.45) is 4.74. The largest absolute Gasteiger partial charge is 0.360 e. The topological polar surface area (TPSA) is 86.6 Å². The number of nitrogens with zero attached hydrogens (tertiary/aromatic N) is 4. The maximum atomic E-state index is 11.5. The van der Waals surface area contributed by atoms with Crippen molar-refractivity contribution in [2.45, 2.75) is 26.4 Å². The van der Waals surface area contributed by atoms with Crippen LogP contribution in [-0.2, 0) is 17.9 Å². The molecule has 150 valence electrons. The lowest BCUT2D eigenvalue weighted by molar-refractivity contribution is -0.120. The second-order valence-corrected chi connectivity index (χ2v) is 6.68. The van der Waals surface area contributed by atoms with Crippen molar-refractivity contribution in [3.63, 3.8) is 0 Å². The summed E-state index contributed by atoms with van der Waals surface area (Å²) in [6.45, 7) is 7.17. The van der Waals surface area contributed by atoms with Crippen LogP contribution in [0.2, 0.25) is 0 Å². The first kappa shape index (κ1) is 19.7. The number of rotatable bonds is 8. The fraction of sp³-hybridized carbons (Fsp3) is 0.450. The van der Waals surface area contributed by atoms with Crippen LogP contribution < -0.4 is 20.9 Å². The third-order valence-corrected chi connectivity index (χ3v) is 4.52. The van der Waals surface area contributed by atoms with Crippen molar-refractivity contribution in [3.8, 4) is 0 Å². The summed E-state index contributed by atoms with van der Waals surface area (Å²) in [5, 5.41) is 13.7. The third-order valence-electron chi connectivity index (χ3n) is 4.52. The van der Waals surface area contributed by atoms with E-state index in [1.165, 1.54) is 0 Å². The van der Waals surface area contributed by atoms with Crippen molar-refractivity contribution in [2.75, 3.05) is 37.6 Å². The number of anilines is 1. The Kier molecular flexibility index (Phi) is 7.29. The highest BCUT2D eigenvalue weighted by Gasteiger charge is 2.16. The molecular weight excluding hydrogens is 354 g/mol. The van der Waals surface area contributed by atoms with E-state index < -0.39 is 0 Å². The Morgan fingerprint density at radius 3 is 2.86 bits per heavy atom. The second kappa shape index (κ2) is 10.3. The zero-order valence-corrected chi connectivity index (χ0v) is 16.4. The first-order valence-corrected chi connectivity index (χ1v) is 9.85. The molecule has 1 saturated heterocycles. The van der Waals surface area contributed by atoms with Gasteiger partial charge in [0, 0.05) is 50.8 Å². The van der Waals surface area contributed by atoms with Crippen molar-refractivity contribution in [3.05, 3.63) is 48.3 Å². The van der Waals surface area contributed by atoms with Crippen molar-refractivity contribution in [1.29, 1.82) is 0 Å². The van der Waals surface area contributed by atoms with Gasteiger partial charge < -0.3 is 20.9 Å². The van der Waals surface area contributed by atoms with Crippen LogP contribution in [0, 0.1) is 0 Å².